The van der Waals surface area contributed by atoms with Crippen molar-refractivity contribution in [2.75, 3.05) is 7.05 Å². The molecule has 20 heavy (non-hydrogen) atoms. The van der Waals surface area contributed by atoms with Crippen LogP contribution in [0.2, 0.25) is 0 Å². The molecule has 1 N–H and O–H groups in total. The number of hydrogen-bond acceptors (Lipinski definition) is 4. The maximum Gasteiger partial charge on any atom is 0.250 e. The van der Waals surface area contributed by atoms with Gasteiger partial charge in [-0.1, -0.05) is 17.3 Å². The number of benzene rings is 1. The van der Waals surface area contributed by atoms with Gasteiger partial charge in [-0.05, 0) is 44.2 Å². The van der Waals surface area contributed by atoms with Crippen molar-refractivity contribution in [3.8, 4) is 0 Å². The number of aromatic nitrogens is 2. The van der Waals surface area contributed by atoms with E-state index < -0.39 is 0 Å². The summed E-state index contributed by atoms with van der Waals surface area (Å²) in [5, 5.41) is 7.06. The number of likely N-dealkylation sites (N-methyl/N-ethyl adjacent to an activating group) is 1. The van der Waals surface area contributed by atoms with E-state index in [2.05, 4.69) is 22.4 Å². The molecular formula is C15H18FN3O. The number of halogens is 1. The highest BCUT2D eigenvalue weighted by Gasteiger charge is 2.08. The van der Waals surface area contributed by atoms with Crippen LogP contribution in [0.25, 0.3) is 11.6 Å². The zero-order valence-electron chi connectivity index (χ0n) is 11.9. The molecule has 0 aliphatic heterocycles. The van der Waals surface area contributed by atoms with Crippen molar-refractivity contribution in [1.82, 2.24) is 15.5 Å². The average Bonchev–Trinajstić information content (AvgIpc) is 2.86. The fourth-order valence-electron chi connectivity index (χ4n) is 1.77. The van der Waals surface area contributed by atoms with Crippen molar-refractivity contribution in [3.05, 3.63) is 47.4 Å². The summed E-state index contributed by atoms with van der Waals surface area (Å²) in [5.41, 5.74) is 1.87. The Hall–Kier alpha value is -2.01. The first-order valence-electron chi connectivity index (χ1n) is 6.52. The van der Waals surface area contributed by atoms with E-state index >= 15 is 0 Å². The highest BCUT2D eigenvalue weighted by atomic mass is 19.1. The second-order valence-corrected chi connectivity index (χ2v) is 4.78. The predicted molar refractivity (Wildman–Crippen MR) is 76.5 cm³/mol. The molecule has 0 saturated carbocycles. The van der Waals surface area contributed by atoms with E-state index in [4.69, 9.17) is 4.52 Å². The lowest BCUT2D eigenvalue weighted by atomic mass is 10.1. The summed E-state index contributed by atoms with van der Waals surface area (Å²) < 4.78 is 18.1. The highest BCUT2D eigenvalue weighted by molar-refractivity contribution is 5.77. The first kappa shape index (κ1) is 14.4. The zero-order valence-corrected chi connectivity index (χ0v) is 11.9. The molecule has 4 nitrogen and oxygen atoms in total. The van der Waals surface area contributed by atoms with Crippen LogP contribution in [0.4, 0.5) is 4.39 Å². The first-order chi connectivity index (χ1) is 9.58. The van der Waals surface area contributed by atoms with E-state index in [-0.39, 0.29) is 5.82 Å². The maximum atomic E-state index is 12.9. The summed E-state index contributed by atoms with van der Waals surface area (Å²) >= 11 is 0. The smallest absolute Gasteiger partial charge is 0.250 e. The number of nitrogens with zero attached hydrogens (tertiary/aromatic N) is 2. The Morgan fingerprint density at radius 2 is 2.10 bits per heavy atom. The average molecular weight is 275 g/mol. The Bertz CT molecular complexity index is 589. The van der Waals surface area contributed by atoms with Gasteiger partial charge in [0.1, 0.15) is 5.82 Å². The van der Waals surface area contributed by atoms with E-state index in [1.807, 2.05) is 14.0 Å². The minimum atomic E-state index is -0.248. The minimum Gasteiger partial charge on any atom is -0.335 e. The molecule has 0 spiro atoms. The van der Waals surface area contributed by atoms with Crippen molar-refractivity contribution in [2.24, 2.45) is 0 Å². The van der Waals surface area contributed by atoms with Crippen LogP contribution in [0, 0.1) is 5.82 Å². The summed E-state index contributed by atoms with van der Waals surface area (Å²) in [6.45, 7) is 3.98. The van der Waals surface area contributed by atoms with Crippen LogP contribution in [0.15, 0.2) is 28.8 Å². The van der Waals surface area contributed by atoms with E-state index in [0.717, 1.165) is 11.1 Å². The molecule has 0 aliphatic carbocycles. The van der Waals surface area contributed by atoms with Crippen molar-refractivity contribution in [1.29, 1.82) is 0 Å². The third-order valence-electron chi connectivity index (χ3n) is 3.10. The molecule has 106 valence electrons. The fraction of sp³-hybridized carbons (Fsp3) is 0.333. The fourth-order valence-corrected chi connectivity index (χ4v) is 1.77. The topological polar surface area (TPSA) is 51.0 Å². The molecule has 0 saturated heterocycles. The second-order valence-electron chi connectivity index (χ2n) is 4.78. The normalized spacial score (nSPS) is 13.5. The number of allylic oxidation sites excluding steroid dienone is 1. The van der Waals surface area contributed by atoms with Crippen molar-refractivity contribution in [2.45, 2.75) is 26.3 Å². The third kappa shape index (κ3) is 3.74. The van der Waals surface area contributed by atoms with Crippen LogP contribution in [-0.2, 0) is 6.42 Å². The van der Waals surface area contributed by atoms with Gasteiger partial charge in [-0.15, -0.1) is 0 Å². The SMILES string of the molecule is CNC(C)Cc1noc(/C=C(/C)c2ccc(F)cc2)n1. The van der Waals surface area contributed by atoms with Gasteiger partial charge in [-0.25, -0.2) is 4.39 Å². The maximum absolute atomic E-state index is 12.9. The molecule has 0 bridgehead atoms. The van der Waals surface area contributed by atoms with Crippen LogP contribution in [-0.4, -0.2) is 23.2 Å². The largest absolute Gasteiger partial charge is 0.335 e. The van der Waals surface area contributed by atoms with Crippen molar-refractivity contribution in [3.63, 3.8) is 0 Å². The van der Waals surface area contributed by atoms with Gasteiger partial charge >= 0.3 is 0 Å². The number of nitrogens with one attached hydrogen (secondary N) is 1. The molecule has 0 radical (unpaired) electrons. The highest BCUT2D eigenvalue weighted by Crippen LogP contribution is 2.17. The lowest BCUT2D eigenvalue weighted by Gasteiger charge is -2.04. The van der Waals surface area contributed by atoms with Gasteiger partial charge in [0.25, 0.3) is 5.89 Å². The van der Waals surface area contributed by atoms with E-state index in [9.17, 15) is 4.39 Å². The van der Waals surface area contributed by atoms with Crippen LogP contribution in [0.1, 0.15) is 31.1 Å². The quantitative estimate of drug-likeness (QED) is 0.911. The van der Waals surface area contributed by atoms with Gasteiger partial charge < -0.3 is 9.84 Å². The molecule has 1 aromatic carbocycles. The number of hydrogen-bond donors (Lipinski definition) is 1. The van der Waals surface area contributed by atoms with Crippen LogP contribution in [0.3, 0.4) is 0 Å². The summed E-state index contributed by atoms with van der Waals surface area (Å²) in [6, 6.07) is 6.60. The Kier molecular flexibility index (Phi) is 4.63. The van der Waals surface area contributed by atoms with Gasteiger partial charge in [0.15, 0.2) is 5.82 Å². The minimum absolute atomic E-state index is 0.248. The van der Waals surface area contributed by atoms with Gasteiger partial charge in [-0.2, -0.15) is 4.98 Å². The molecular weight excluding hydrogens is 257 g/mol. The van der Waals surface area contributed by atoms with Gasteiger partial charge in [-0.3, -0.25) is 0 Å². The predicted octanol–water partition coefficient (Wildman–Crippen LogP) is 2.92. The molecule has 0 amide bonds. The van der Waals surface area contributed by atoms with E-state index in [1.165, 1.54) is 12.1 Å². The number of rotatable bonds is 5. The molecule has 1 aromatic heterocycles. The van der Waals surface area contributed by atoms with Crippen LogP contribution < -0.4 is 5.32 Å². The van der Waals surface area contributed by atoms with E-state index in [0.29, 0.717) is 24.2 Å². The molecule has 2 rings (SSSR count). The zero-order chi connectivity index (χ0) is 14.5. The summed E-state index contributed by atoms with van der Waals surface area (Å²) in [4.78, 5) is 4.31. The molecule has 1 atom stereocenters. The standard InChI is InChI=1S/C15H18FN3O/c1-10(12-4-6-13(16)7-5-12)8-15-18-14(19-20-15)9-11(2)17-3/h4-8,11,17H,9H2,1-3H3/b10-8-. The van der Waals surface area contributed by atoms with Crippen LogP contribution >= 0.6 is 0 Å². The molecule has 0 aliphatic rings. The molecule has 1 unspecified atom stereocenters. The lowest BCUT2D eigenvalue weighted by Crippen LogP contribution is -2.24. The van der Waals surface area contributed by atoms with E-state index in [1.54, 1.807) is 18.2 Å². The first-order valence-corrected chi connectivity index (χ1v) is 6.52. The Morgan fingerprint density at radius 3 is 2.75 bits per heavy atom. The Labute approximate surface area is 117 Å². The van der Waals surface area contributed by atoms with Crippen molar-refractivity contribution >= 4 is 11.6 Å². The monoisotopic (exact) mass is 275 g/mol. The summed E-state index contributed by atoms with van der Waals surface area (Å²) in [5.74, 6) is 0.887. The molecule has 0 fully saturated rings. The summed E-state index contributed by atoms with van der Waals surface area (Å²) in [6.07, 6.45) is 2.51. The Balaban J connectivity index is 2.12. The lowest BCUT2D eigenvalue weighted by molar-refractivity contribution is 0.400. The van der Waals surface area contributed by atoms with Crippen LogP contribution in [0.5, 0.6) is 0 Å². The third-order valence-corrected chi connectivity index (χ3v) is 3.10. The molecule has 1 heterocycles. The van der Waals surface area contributed by atoms with Gasteiger partial charge in [0, 0.05) is 18.5 Å². The Morgan fingerprint density at radius 1 is 1.40 bits per heavy atom. The molecule has 5 heteroatoms. The summed E-state index contributed by atoms with van der Waals surface area (Å²) in [7, 11) is 1.89. The van der Waals surface area contributed by atoms with Gasteiger partial charge in [0.05, 0.1) is 0 Å². The molecule has 2 aromatic rings. The van der Waals surface area contributed by atoms with Crippen molar-refractivity contribution < 1.29 is 8.91 Å². The van der Waals surface area contributed by atoms with Gasteiger partial charge in [0.2, 0.25) is 0 Å². The second kappa shape index (κ2) is 6.43.